The summed E-state index contributed by atoms with van der Waals surface area (Å²) in [4.78, 5) is 26.5. The molecule has 2 amide bonds. The number of hydrogen-bond acceptors (Lipinski definition) is 2. The first-order chi connectivity index (χ1) is 9.04. The lowest BCUT2D eigenvalue weighted by Crippen LogP contribution is -2.40. The summed E-state index contributed by atoms with van der Waals surface area (Å²) in [5.74, 6) is -0.206. The van der Waals surface area contributed by atoms with Gasteiger partial charge in [0.2, 0.25) is 11.8 Å². The fourth-order valence-electron chi connectivity index (χ4n) is 1.69. The Morgan fingerprint density at radius 2 is 1.89 bits per heavy atom. The van der Waals surface area contributed by atoms with Gasteiger partial charge in [-0.1, -0.05) is 36.4 Å². The molecule has 0 fully saturated rings. The number of benzene rings is 1. The van der Waals surface area contributed by atoms with Crippen molar-refractivity contribution in [1.29, 1.82) is 0 Å². The number of rotatable bonds is 6. The molecule has 0 aliphatic carbocycles. The molecule has 102 valence electrons. The van der Waals surface area contributed by atoms with Gasteiger partial charge in [-0.2, -0.15) is 0 Å². The zero-order valence-electron chi connectivity index (χ0n) is 11.5. The molecule has 0 unspecified atom stereocenters. The molecule has 0 bridgehead atoms. The Kier molecular flexibility index (Phi) is 5.79. The van der Waals surface area contributed by atoms with Crippen molar-refractivity contribution in [1.82, 2.24) is 9.80 Å². The Morgan fingerprint density at radius 3 is 2.42 bits per heavy atom. The van der Waals surface area contributed by atoms with Crippen LogP contribution in [-0.4, -0.2) is 41.8 Å². The maximum atomic E-state index is 12.0. The van der Waals surface area contributed by atoms with Crippen LogP contribution in [0.2, 0.25) is 0 Å². The molecule has 0 radical (unpaired) electrons. The summed E-state index contributed by atoms with van der Waals surface area (Å²) in [6.45, 7) is 6.05. The van der Waals surface area contributed by atoms with Crippen molar-refractivity contribution in [3.63, 3.8) is 0 Å². The fourth-order valence-corrected chi connectivity index (χ4v) is 1.69. The molecular weight excluding hydrogens is 240 g/mol. The molecular formula is C15H20N2O2. The highest BCUT2D eigenvalue weighted by Gasteiger charge is 2.15. The van der Waals surface area contributed by atoms with Crippen molar-refractivity contribution in [2.45, 2.75) is 13.5 Å². The van der Waals surface area contributed by atoms with E-state index in [0.717, 1.165) is 5.56 Å². The van der Waals surface area contributed by atoms with Gasteiger partial charge in [0.15, 0.2) is 0 Å². The molecule has 0 atom stereocenters. The van der Waals surface area contributed by atoms with Gasteiger partial charge >= 0.3 is 0 Å². The van der Waals surface area contributed by atoms with Gasteiger partial charge in [-0.15, -0.1) is 6.58 Å². The Hall–Kier alpha value is -2.10. The summed E-state index contributed by atoms with van der Waals surface area (Å²) in [7, 11) is 1.74. The van der Waals surface area contributed by atoms with E-state index in [1.165, 1.54) is 11.8 Å². The van der Waals surface area contributed by atoms with E-state index in [-0.39, 0.29) is 18.4 Å². The van der Waals surface area contributed by atoms with Gasteiger partial charge in [0.1, 0.15) is 6.54 Å². The molecule has 0 N–H and O–H groups in total. The number of nitrogens with zero attached hydrogens (tertiary/aromatic N) is 2. The van der Waals surface area contributed by atoms with Crippen LogP contribution in [0.25, 0.3) is 0 Å². The van der Waals surface area contributed by atoms with E-state index in [0.29, 0.717) is 13.1 Å². The van der Waals surface area contributed by atoms with Crippen LogP contribution in [0.15, 0.2) is 43.0 Å². The highest BCUT2D eigenvalue weighted by Crippen LogP contribution is 2.03. The molecule has 0 saturated heterocycles. The average molecular weight is 260 g/mol. The first-order valence-electron chi connectivity index (χ1n) is 6.19. The van der Waals surface area contributed by atoms with Crippen molar-refractivity contribution in [2.24, 2.45) is 0 Å². The van der Waals surface area contributed by atoms with Gasteiger partial charge in [-0.05, 0) is 5.56 Å². The summed E-state index contributed by atoms with van der Waals surface area (Å²) in [5.41, 5.74) is 1.07. The topological polar surface area (TPSA) is 40.6 Å². The molecule has 0 saturated carbocycles. The van der Waals surface area contributed by atoms with E-state index >= 15 is 0 Å². The fraction of sp³-hybridized carbons (Fsp3) is 0.333. The van der Waals surface area contributed by atoms with Crippen molar-refractivity contribution in [3.8, 4) is 0 Å². The Balaban J connectivity index is 2.56. The second-order valence-corrected chi connectivity index (χ2v) is 4.42. The molecule has 1 rings (SSSR count). The summed E-state index contributed by atoms with van der Waals surface area (Å²) in [5, 5.41) is 0. The van der Waals surface area contributed by atoms with Crippen LogP contribution in [0, 0.1) is 0 Å². The molecule has 1 aromatic rings. The van der Waals surface area contributed by atoms with Gasteiger partial charge in [0, 0.05) is 27.1 Å². The van der Waals surface area contributed by atoms with E-state index in [2.05, 4.69) is 6.58 Å². The Labute approximate surface area is 114 Å². The van der Waals surface area contributed by atoms with Crippen LogP contribution < -0.4 is 0 Å². The largest absolute Gasteiger partial charge is 0.340 e. The van der Waals surface area contributed by atoms with E-state index in [1.54, 1.807) is 18.0 Å². The Morgan fingerprint density at radius 1 is 1.26 bits per heavy atom. The zero-order chi connectivity index (χ0) is 14.3. The Bertz CT molecular complexity index is 443. The number of amides is 2. The van der Waals surface area contributed by atoms with E-state index in [1.807, 2.05) is 30.3 Å². The third-order valence-corrected chi connectivity index (χ3v) is 2.81. The number of carbonyl (C=O) groups is 2. The average Bonchev–Trinajstić information content (AvgIpc) is 2.39. The SMILES string of the molecule is C=CCN(CC(=O)N(C)Cc1ccccc1)C(C)=O. The van der Waals surface area contributed by atoms with E-state index in [4.69, 9.17) is 0 Å². The lowest BCUT2D eigenvalue weighted by Gasteiger charge is -2.23. The monoisotopic (exact) mass is 260 g/mol. The first-order valence-corrected chi connectivity index (χ1v) is 6.19. The molecule has 1 aromatic carbocycles. The highest BCUT2D eigenvalue weighted by atomic mass is 16.2. The smallest absolute Gasteiger partial charge is 0.242 e. The quantitative estimate of drug-likeness (QED) is 0.730. The van der Waals surface area contributed by atoms with Gasteiger partial charge in [0.25, 0.3) is 0 Å². The standard InChI is InChI=1S/C15H20N2O2/c1-4-10-17(13(2)18)12-15(19)16(3)11-14-8-6-5-7-9-14/h4-9H,1,10-12H2,2-3H3. The van der Waals surface area contributed by atoms with Crippen LogP contribution in [0.5, 0.6) is 0 Å². The van der Waals surface area contributed by atoms with Gasteiger partial charge in [-0.25, -0.2) is 0 Å². The summed E-state index contributed by atoms with van der Waals surface area (Å²) in [6, 6.07) is 9.75. The van der Waals surface area contributed by atoms with Crippen LogP contribution in [0.1, 0.15) is 12.5 Å². The minimum absolute atomic E-state index is 0.0825. The van der Waals surface area contributed by atoms with Gasteiger partial charge in [-0.3, -0.25) is 9.59 Å². The molecule has 0 aromatic heterocycles. The maximum absolute atomic E-state index is 12.0. The predicted molar refractivity (Wildman–Crippen MR) is 75.4 cm³/mol. The molecule has 4 heteroatoms. The lowest BCUT2D eigenvalue weighted by atomic mass is 10.2. The van der Waals surface area contributed by atoms with Gasteiger partial charge < -0.3 is 9.80 Å². The third-order valence-electron chi connectivity index (χ3n) is 2.81. The van der Waals surface area contributed by atoms with E-state index < -0.39 is 0 Å². The molecule has 0 aliphatic rings. The molecule has 0 heterocycles. The second-order valence-electron chi connectivity index (χ2n) is 4.42. The van der Waals surface area contributed by atoms with Gasteiger partial charge in [0.05, 0.1) is 0 Å². The van der Waals surface area contributed by atoms with Crippen molar-refractivity contribution in [3.05, 3.63) is 48.6 Å². The third kappa shape index (κ3) is 4.95. The molecule has 4 nitrogen and oxygen atoms in total. The van der Waals surface area contributed by atoms with Crippen molar-refractivity contribution in [2.75, 3.05) is 20.1 Å². The predicted octanol–water partition coefficient (Wildman–Crippen LogP) is 1.68. The van der Waals surface area contributed by atoms with Crippen LogP contribution >= 0.6 is 0 Å². The van der Waals surface area contributed by atoms with Crippen LogP contribution in [0.3, 0.4) is 0 Å². The van der Waals surface area contributed by atoms with Crippen LogP contribution in [-0.2, 0) is 16.1 Å². The van der Waals surface area contributed by atoms with E-state index in [9.17, 15) is 9.59 Å². The minimum Gasteiger partial charge on any atom is -0.340 e. The number of carbonyl (C=O) groups excluding carboxylic acids is 2. The summed E-state index contributed by atoms with van der Waals surface area (Å²) < 4.78 is 0. The molecule has 19 heavy (non-hydrogen) atoms. The van der Waals surface area contributed by atoms with Crippen molar-refractivity contribution >= 4 is 11.8 Å². The highest BCUT2D eigenvalue weighted by molar-refractivity contribution is 5.83. The first kappa shape index (κ1) is 15.0. The van der Waals surface area contributed by atoms with Crippen LogP contribution in [0.4, 0.5) is 0 Å². The second kappa shape index (κ2) is 7.36. The lowest BCUT2D eigenvalue weighted by molar-refractivity contribution is -0.138. The zero-order valence-corrected chi connectivity index (χ0v) is 11.5. The number of likely N-dealkylation sites (N-methyl/N-ethyl adjacent to an activating group) is 1. The minimum atomic E-state index is -0.124. The van der Waals surface area contributed by atoms with Crippen molar-refractivity contribution < 1.29 is 9.59 Å². The molecule has 0 spiro atoms. The molecule has 0 aliphatic heterocycles. The summed E-state index contributed by atoms with van der Waals surface area (Å²) >= 11 is 0. The number of hydrogen-bond donors (Lipinski definition) is 0. The summed E-state index contributed by atoms with van der Waals surface area (Å²) in [6.07, 6.45) is 1.62. The maximum Gasteiger partial charge on any atom is 0.242 e. The normalized spacial score (nSPS) is 9.79.